The number of fused-ring (bicyclic) bond motifs is 1. The van der Waals surface area contributed by atoms with Crippen molar-refractivity contribution in [2.45, 2.75) is 32.9 Å². The van der Waals surface area contributed by atoms with Crippen LogP contribution in [0, 0.1) is 0 Å². The quantitative estimate of drug-likeness (QED) is 0.631. The molecule has 7 nitrogen and oxygen atoms in total. The van der Waals surface area contributed by atoms with Gasteiger partial charge in [0.15, 0.2) is 0 Å². The Bertz CT molecular complexity index is 960. The first-order chi connectivity index (χ1) is 12.7. The van der Waals surface area contributed by atoms with Crippen LogP contribution in [0.5, 0.6) is 0 Å². The summed E-state index contributed by atoms with van der Waals surface area (Å²) in [6.45, 7) is 2.27. The molecule has 0 aliphatic carbocycles. The molecule has 2 heterocycles. The average molecular weight is 354 g/mol. The summed E-state index contributed by atoms with van der Waals surface area (Å²) in [7, 11) is 0. The van der Waals surface area contributed by atoms with Crippen molar-refractivity contribution >= 4 is 11.4 Å². The summed E-state index contributed by atoms with van der Waals surface area (Å²) in [6, 6.07) is 9.39. The van der Waals surface area contributed by atoms with Crippen LogP contribution in [0.1, 0.15) is 25.3 Å². The molecule has 0 aliphatic heterocycles. The summed E-state index contributed by atoms with van der Waals surface area (Å²) in [6.07, 6.45) is 5.06. The van der Waals surface area contributed by atoms with Gasteiger partial charge in [0, 0.05) is 30.1 Å². The number of carbonyl (C=O) groups is 1. The molecule has 0 unspecified atom stereocenters. The molecule has 0 atom stereocenters. The van der Waals surface area contributed by atoms with Crippen LogP contribution in [0.3, 0.4) is 0 Å². The molecule has 136 valence electrons. The smallest absolute Gasteiger partial charge is 0.277 e. The molecule has 3 rings (SSSR count). The number of nitrogens with zero attached hydrogens (tertiary/aromatic N) is 3. The van der Waals surface area contributed by atoms with Crippen LogP contribution in [0.4, 0.5) is 0 Å². The Morgan fingerprint density at radius 2 is 2.00 bits per heavy atom. The third kappa shape index (κ3) is 3.52. The first kappa shape index (κ1) is 17.9. The predicted octanol–water partition coefficient (Wildman–Crippen LogP) is 1.57. The number of benzene rings is 1. The maximum Gasteiger partial charge on any atom is 0.277 e. The summed E-state index contributed by atoms with van der Waals surface area (Å²) >= 11 is 0. The Morgan fingerprint density at radius 1 is 1.23 bits per heavy atom. The van der Waals surface area contributed by atoms with E-state index in [9.17, 15) is 14.7 Å². The number of carbonyl (C=O) groups excluding carboxylic acids is 1. The zero-order valence-corrected chi connectivity index (χ0v) is 14.7. The predicted molar refractivity (Wildman–Crippen MR) is 98.7 cm³/mol. The second kappa shape index (κ2) is 7.97. The van der Waals surface area contributed by atoms with Crippen molar-refractivity contribution in [2.75, 3.05) is 6.54 Å². The van der Waals surface area contributed by atoms with Crippen molar-refractivity contribution in [1.29, 1.82) is 0 Å². The molecule has 1 aromatic carbocycles. The first-order valence-electron chi connectivity index (χ1n) is 8.69. The summed E-state index contributed by atoms with van der Waals surface area (Å²) < 4.78 is 2.80. The minimum absolute atomic E-state index is 0.0598. The molecule has 2 aromatic heterocycles. The molecular weight excluding hydrogens is 332 g/mol. The number of unbranched alkanes of at least 4 members (excludes halogenated alkanes) is 1. The van der Waals surface area contributed by atoms with Gasteiger partial charge in [-0.05, 0) is 6.42 Å². The molecule has 2 N–H and O–H groups in total. The molecule has 0 fully saturated rings. The van der Waals surface area contributed by atoms with Crippen LogP contribution >= 0.6 is 0 Å². The highest BCUT2D eigenvalue weighted by atomic mass is 16.3. The largest absolute Gasteiger partial charge is 0.392 e. The molecule has 1 amide bonds. The minimum Gasteiger partial charge on any atom is -0.392 e. The zero-order chi connectivity index (χ0) is 18.5. The van der Waals surface area contributed by atoms with Gasteiger partial charge in [-0.1, -0.05) is 43.7 Å². The summed E-state index contributed by atoms with van der Waals surface area (Å²) in [4.78, 5) is 24.8. The molecule has 0 spiro atoms. The third-order valence-corrected chi connectivity index (χ3v) is 4.23. The minimum atomic E-state index is -0.350. The maximum absolute atomic E-state index is 12.8. The van der Waals surface area contributed by atoms with E-state index in [1.165, 1.54) is 15.3 Å². The van der Waals surface area contributed by atoms with Gasteiger partial charge in [-0.3, -0.25) is 9.59 Å². The van der Waals surface area contributed by atoms with Crippen molar-refractivity contribution in [1.82, 2.24) is 19.5 Å². The van der Waals surface area contributed by atoms with Gasteiger partial charge in [-0.25, -0.2) is 4.52 Å². The van der Waals surface area contributed by atoms with E-state index in [0.29, 0.717) is 17.8 Å². The SMILES string of the molecule is CCCCNC(=O)Cn1ccn2nc(-c3ccccc3)c(CO)c2c1=O. The molecular formula is C19H22N4O3. The van der Waals surface area contributed by atoms with E-state index in [4.69, 9.17) is 0 Å². The zero-order valence-electron chi connectivity index (χ0n) is 14.7. The number of rotatable bonds is 7. The van der Waals surface area contributed by atoms with Gasteiger partial charge in [-0.2, -0.15) is 5.10 Å². The van der Waals surface area contributed by atoms with E-state index in [0.717, 1.165) is 18.4 Å². The Kier molecular flexibility index (Phi) is 5.48. The van der Waals surface area contributed by atoms with Crippen LogP contribution in [0.15, 0.2) is 47.5 Å². The average Bonchev–Trinajstić information content (AvgIpc) is 3.04. The topological polar surface area (TPSA) is 88.6 Å². The lowest BCUT2D eigenvalue weighted by molar-refractivity contribution is -0.121. The Balaban J connectivity index is 1.98. The second-order valence-corrected chi connectivity index (χ2v) is 6.08. The summed E-state index contributed by atoms with van der Waals surface area (Å²) in [5.41, 5.74) is 1.79. The molecule has 7 heteroatoms. The Labute approximate surface area is 150 Å². The Morgan fingerprint density at radius 3 is 2.69 bits per heavy atom. The maximum atomic E-state index is 12.8. The van der Waals surface area contributed by atoms with Gasteiger partial charge in [0.2, 0.25) is 5.91 Å². The van der Waals surface area contributed by atoms with Crippen molar-refractivity contribution in [3.05, 3.63) is 58.6 Å². The fourth-order valence-electron chi connectivity index (χ4n) is 2.87. The fourth-order valence-corrected chi connectivity index (χ4v) is 2.87. The molecule has 0 saturated carbocycles. The molecule has 0 radical (unpaired) electrons. The van der Waals surface area contributed by atoms with E-state index >= 15 is 0 Å². The van der Waals surface area contributed by atoms with Crippen LogP contribution in [-0.4, -0.2) is 31.7 Å². The van der Waals surface area contributed by atoms with E-state index in [2.05, 4.69) is 10.4 Å². The van der Waals surface area contributed by atoms with Crippen molar-refractivity contribution in [2.24, 2.45) is 0 Å². The monoisotopic (exact) mass is 354 g/mol. The van der Waals surface area contributed by atoms with Crippen molar-refractivity contribution in [3.8, 4) is 11.3 Å². The molecule has 0 saturated heterocycles. The van der Waals surface area contributed by atoms with Gasteiger partial charge in [0.1, 0.15) is 12.1 Å². The van der Waals surface area contributed by atoms with Crippen LogP contribution in [0.25, 0.3) is 16.8 Å². The molecule has 3 aromatic rings. The van der Waals surface area contributed by atoms with E-state index in [1.54, 1.807) is 6.20 Å². The number of hydrogen-bond donors (Lipinski definition) is 2. The van der Waals surface area contributed by atoms with E-state index < -0.39 is 0 Å². The number of nitrogens with one attached hydrogen (secondary N) is 1. The summed E-state index contributed by atoms with van der Waals surface area (Å²) in [5.74, 6) is -0.210. The van der Waals surface area contributed by atoms with E-state index in [1.807, 2.05) is 37.3 Å². The van der Waals surface area contributed by atoms with Crippen LogP contribution in [0.2, 0.25) is 0 Å². The molecule has 26 heavy (non-hydrogen) atoms. The highest BCUT2D eigenvalue weighted by Gasteiger charge is 2.18. The molecule has 0 aliphatic rings. The van der Waals surface area contributed by atoms with Gasteiger partial charge in [0.05, 0.1) is 12.3 Å². The van der Waals surface area contributed by atoms with Gasteiger partial charge < -0.3 is 15.0 Å². The van der Waals surface area contributed by atoms with Crippen molar-refractivity contribution in [3.63, 3.8) is 0 Å². The fraction of sp³-hybridized carbons (Fsp3) is 0.316. The lowest BCUT2D eigenvalue weighted by Gasteiger charge is -2.07. The number of hydrogen-bond acceptors (Lipinski definition) is 4. The molecule has 0 bridgehead atoms. The lowest BCUT2D eigenvalue weighted by Crippen LogP contribution is -2.33. The number of aliphatic hydroxyl groups excluding tert-OH is 1. The third-order valence-electron chi connectivity index (χ3n) is 4.23. The van der Waals surface area contributed by atoms with Gasteiger partial charge in [0.25, 0.3) is 5.56 Å². The highest BCUT2D eigenvalue weighted by molar-refractivity contribution is 5.76. The number of amides is 1. The van der Waals surface area contributed by atoms with Crippen molar-refractivity contribution < 1.29 is 9.90 Å². The van der Waals surface area contributed by atoms with Gasteiger partial charge >= 0.3 is 0 Å². The first-order valence-corrected chi connectivity index (χ1v) is 8.69. The standard InChI is InChI=1S/C19H22N4O3/c1-2-3-9-20-16(25)12-22-10-11-23-18(19(22)26)15(13-24)17(21-23)14-7-5-4-6-8-14/h4-8,10-11,24H,2-3,9,12-13H2,1H3,(H,20,25). The normalized spacial score (nSPS) is 11.0. The van der Waals surface area contributed by atoms with E-state index in [-0.39, 0.29) is 30.1 Å². The van der Waals surface area contributed by atoms with Crippen LogP contribution < -0.4 is 10.9 Å². The van der Waals surface area contributed by atoms with Crippen LogP contribution in [-0.2, 0) is 17.9 Å². The lowest BCUT2D eigenvalue weighted by atomic mass is 10.1. The summed E-state index contributed by atoms with van der Waals surface area (Å²) in [5, 5.41) is 17.1. The number of aromatic nitrogens is 3. The Hall–Kier alpha value is -2.93. The second-order valence-electron chi connectivity index (χ2n) is 6.08. The van der Waals surface area contributed by atoms with Gasteiger partial charge in [-0.15, -0.1) is 0 Å². The number of aliphatic hydroxyl groups is 1. The highest BCUT2D eigenvalue weighted by Crippen LogP contribution is 2.24.